The lowest BCUT2D eigenvalue weighted by atomic mass is 10.0. The predicted octanol–water partition coefficient (Wildman–Crippen LogP) is -0.813. The maximum atomic E-state index is 10.2. The number of hydrogen-bond donors (Lipinski definition) is 2. The second-order valence-corrected chi connectivity index (χ2v) is 2.22. The van der Waals surface area contributed by atoms with Gasteiger partial charge in [-0.15, -0.1) is 0 Å². The fourth-order valence-electron chi connectivity index (χ4n) is 0.657. The van der Waals surface area contributed by atoms with Gasteiger partial charge in [0, 0.05) is 6.42 Å². The van der Waals surface area contributed by atoms with Crippen LogP contribution in [0.4, 0.5) is 0 Å². The number of rotatable bonds is 4. The van der Waals surface area contributed by atoms with Gasteiger partial charge in [-0.05, 0) is 5.92 Å². The normalized spacial score (nSPS) is 9.80. The van der Waals surface area contributed by atoms with E-state index >= 15 is 0 Å². The first-order chi connectivity index (χ1) is 4.52. The Labute approximate surface area is 59.6 Å². The minimum atomic E-state index is -0.520. The highest BCUT2D eigenvalue weighted by Crippen LogP contribution is 2.03. The highest BCUT2D eigenvalue weighted by Gasteiger charge is 2.08. The van der Waals surface area contributed by atoms with Gasteiger partial charge in [-0.2, -0.15) is 0 Å². The van der Waals surface area contributed by atoms with Crippen LogP contribution in [0.2, 0.25) is 0 Å². The average Bonchev–Trinajstić information content (AvgIpc) is 1.58. The minimum absolute atomic E-state index is 0.157. The van der Waals surface area contributed by atoms with Gasteiger partial charge >= 0.3 is 0 Å². The number of carbonyl (C=O) groups excluding carboxylic acids is 2. The molecule has 0 aromatic rings. The molecule has 1 unspecified atom stereocenters. The molecule has 4 N–H and O–H groups in total. The quantitative estimate of drug-likeness (QED) is 0.539. The lowest BCUT2D eigenvalue weighted by Gasteiger charge is -2.03. The third-order valence-electron chi connectivity index (χ3n) is 0.972. The van der Waals surface area contributed by atoms with E-state index in [0.717, 1.165) is 0 Å². The summed E-state index contributed by atoms with van der Waals surface area (Å²) in [4.78, 5) is 20.4. The molecule has 0 rings (SSSR count). The van der Waals surface area contributed by atoms with E-state index < -0.39 is 11.8 Å². The summed E-state index contributed by atoms with van der Waals surface area (Å²) in [6, 6.07) is 0. The summed E-state index contributed by atoms with van der Waals surface area (Å²) in [5.74, 6) is -1.10. The van der Waals surface area contributed by atoms with Gasteiger partial charge in [0.2, 0.25) is 11.8 Å². The molecule has 1 radical (unpaired) electrons. The van der Waals surface area contributed by atoms with E-state index in [1.807, 2.05) is 0 Å². The summed E-state index contributed by atoms with van der Waals surface area (Å²) < 4.78 is 0. The molecule has 0 aromatic carbocycles. The van der Waals surface area contributed by atoms with Gasteiger partial charge in [-0.1, -0.05) is 6.92 Å². The van der Waals surface area contributed by atoms with E-state index in [1.54, 1.807) is 6.92 Å². The van der Waals surface area contributed by atoms with E-state index in [2.05, 4.69) is 0 Å². The molecular weight excluding hydrogens is 132 g/mol. The molecule has 0 saturated carbocycles. The highest BCUT2D eigenvalue weighted by molar-refractivity contribution is 5.84. The second kappa shape index (κ2) is 3.87. The van der Waals surface area contributed by atoms with Crippen molar-refractivity contribution in [2.45, 2.75) is 13.3 Å². The third kappa shape index (κ3) is 5.08. The van der Waals surface area contributed by atoms with Crippen LogP contribution in [0.3, 0.4) is 0 Å². The first-order valence-electron chi connectivity index (χ1n) is 2.95. The maximum Gasteiger partial charge on any atom is 0.221 e. The van der Waals surface area contributed by atoms with Gasteiger partial charge in [0.05, 0.1) is 6.42 Å². The maximum absolute atomic E-state index is 10.2. The molecule has 4 heteroatoms. The van der Waals surface area contributed by atoms with Gasteiger partial charge in [-0.3, -0.25) is 9.59 Å². The summed E-state index contributed by atoms with van der Waals surface area (Å²) >= 11 is 0. The average molecular weight is 143 g/mol. The van der Waals surface area contributed by atoms with Crippen LogP contribution in [0.15, 0.2) is 0 Å². The minimum Gasteiger partial charge on any atom is -0.370 e. The van der Waals surface area contributed by atoms with Crippen molar-refractivity contribution in [2.75, 3.05) is 0 Å². The van der Waals surface area contributed by atoms with E-state index in [-0.39, 0.29) is 12.3 Å². The Balaban J connectivity index is 3.53. The van der Waals surface area contributed by atoms with Crippen molar-refractivity contribution in [1.82, 2.24) is 0 Å². The van der Waals surface area contributed by atoms with Gasteiger partial charge < -0.3 is 11.5 Å². The summed E-state index contributed by atoms with van der Waals surface area (Å²) in [6.45, 7) is 1.70. The lowest BCUT2D eigenvalue weighted by Crippen LogP contribution is -2.20. The first kappa shape index (κ1) is 8.94. The Hall–Kier alpha value is -1.06. The summed E-state index contributed by atoms with van der Waals surface area (Å²) in [6.07, 6.45) is 1.44. The van der Waals surface area contributed by atoms with E-state index in [4.69, 9.17) is 11.5 Å². The predicted molar refractivity (Wildman–Crippen MR) is 36.5 cm³/mol. The Morgan fingerprint density at radius 3 is 2.30 bits per heavy atom. The molecule has 0 saturated heterocycles. The molecule has 57 valence electrons. The summed E-state index contributed by atoms with van der Waals surface area (Å²) in [5.41, 5.74) is 9.68. The van der Waals surface area contributed by atoms with Crippen molar-refractivity contribution < 1.29 is 9.59 Å². The number of carbonyl (C=O) groups is 2. The van der Waals surface area contributed by atoms with Gasteiger partial charge in [-0.25, -0.2) is 0 Å². The zero-order valence-electron chi connectivity index (χ0n) is 5.83. The van der Waals surface area contributed by atoms with E-state index in [9.17, 15) is 9.59 Å². The van der Waals surface area contributed by atoms with Crippen molar-refractivity contribution in [3.8, 4) is 0 Å². The van der Waals surface area contributed by atoms with Crippen LogP contribution in [-0.2, 0) is 9.59 Å². The Bertz CT molecular complexity index is 129. The van der Waals surface area contributed by atoms with E-state index in [1.165, 1.54) is 6.42 Å². The Kier molecular flexibility index (Phi) is 3.46. The molecule has 2 amide bonds. The number of primary amides is 2. The lowest BCUT2D eigenvalue weighted by molar-refractivity contribution is -0.118. The van der Waals surface area contributed by atoms with Crippen LogP contribution in [0.1, 0.15) is 13.3 Å². The van der Waals surface area contributed by atoms with Crippen LogP contribution >= 0.6 is 0 Å². The smallest absolute Gasteiger partial charge is 0.221 e. The van der Waals surface area contributed by atoms with Crippen molar-refractivity contribution in [3.05, 3.63) is 6.42 Å². The van der Waals surface area contributed by atoms with Crippen LogP contribution in [-0.4, -0.2) is 11.8 Å². The Morgan fingerprint density at radius 1 is 1.50 bits per heavy atom. The molecular formula is C6H11N2O2. The molecule has 1 atom stereocenters. The fraction of sp³-hybridized carbons (Fsp3) is 0.500. The molecule has 0 bridgehead atoms. The molecule has 0 heterocycles. The monoisotopic (exact) mass is 143 g/mol. The van der Waals surface area contributed by atoms with Gasteiger partial charge in [0.15, 0.2) is 0 Å². The summed E-state index contributed by atoms with van der Waals surface area (Å²) in [5, 5.41) is 0. The van der Waals surface area contributed by atoms with Gasteiger partial charge in [0.25, 0.3) is 0 Å². The largest absolute Gasteiger partial charge is 0.370 e. The molecule has 0 aliphatic heterocycles. The molecule has 0 aromatic heterocycles. The second-order valence-electron chi connectivity index (χ2n) is 2.22. The van der Waals surface area contributed by atoms with E-state index in [0.29, 0.717) is 0 Å². The Morgan fingerprint density at radius 2 is 2.00 bits per heavy atom. The number of amides is 2. The van der Waals surface area contributed by atoms with Crippen molar-refractivity contribution in [1.29, 1.82) is 0 Å². The molecule has 0 aliphatic rings. The van der Waals surface area contributed by atoms with Crippen LogP contribution in [0.5, 0.6) is 0 Å². The molecule has 4 nitrogen and oxygen atoms in total. The zero-order chi connectivity index (χ0) is 8.15. The van der Waals surface area contributed by atoms with Crippen LogP contribution in [0.25, 0.3) is 0 Å². The molecule has 0 aliphatic carbocycles. The third-order valence-corrected chi connectivity index (χ3v) is 0.972. The fourth-order valence-corrected chi connectivity index (χ4v) is 0.657. The van der Waals surface area contributed by atoms with Crippen LogP contribution < -0.4 is 11.5 Å². The van der Waals surface area contributed by atoms with Crippen molar-refractivity contribution in [2.24, 2.45) is 17.4 Å². The van der Waals surface area contributed by atoms with Gasteiger partial charge in [0.1, 0.15) is 0 Å². The highest BCUT2D eigenvalue weighted by atomic mass is 16.1. The first-order valence-corrected chi connectivity index (χ1v) is 2.95. The summed E-state index contributed by atoms with van der Waals surface area (Å²) in [7, 11) is 0. The topological polar surface area (TPSA) is 86.2 Å². The molecule has 10 heavy (non-hydrogen) atoms. The van der Waals surface area contributed by atoms with Crippen molar-refractivity contribution in [3.63, 3.8) is 0 Å². The zero-order valence-corrected chi connectivity index (χ0v) is 5.83. The van der Waals surface area contributed by atoms with Crippen LogP contribution in [0, 0.1) is 12.3 Å². The van der Waals surface area contributed by atoms with Crippen molar-refractivity contribution >= 4 is 11.8 Å². The number of hydrogen-bond acceptors (Lipinski definition) is 2. The SMILES string of the molecule is CC([CH]C(N)=O)CC(N)=O. The standard InChI is InChI=1S/C6H11N2O2/c1-4(2-5(7)9)3-6(8)10/h2,4H,3H2,1H3,(H2,7,9)(H2,8,10). The number of nitrogens with two attached hydrogens (primary N) is 2. The molecule has 0 fully saturated rings. The molecule has 0 spiro atoms.